The number of H-pyrrole nitrogens is 1. The van der Waals surface area contributed by atoms with E-state index in [0.717, 1.165) is 36.1 Å². The Hall–Kier alpha value is -3.97. The van der Waals surface area contributed by atoms with Gasteiger partial charge in [-0.05, 0) is 43.9 Å². The molecule has 1 unspecified atom stereocenters. The van der Waals surface area contributed by atoms with Crippen molar-refractivity contribution in [2.24, 2.45) is 0 Å². The van der Waals surface area contributed by atoms with Gasteiger partial charge in [0.15, 0.2) is 10.8 Å². The van der Waals surface area contributed by atoms with E-state index < -0.39 is 6.61 Å². The van der Waals surface area contributed by atoms with Gasteiger partial charge in [0.25, 0.3) is 5.91 Å². The molecule has 39 heavy (non-hydrogen) atoms. The van der Waals surface area contributed by atoms with E-state index in [9.17, 15) is 13.6 Å². The van der Waals surface area contributed by atoms with Gasteiger partial charge < -0.3 is 14.6 Å². The number of fused-ring (bicyclic) bond motifs is 1. The van der Waals surface area contributed by atoms with Crippen LogP contribution >= 0.6 is 22.9 Å². The summed E-state index contributed by atoms with van der Waals surface area (Å²) in [5, 5.41) is 10.1. The summed E-state index contributed by atoms with van der Waals surface area (Å²) in [4.78, 5) is 30.3. The maximum absolute atomic E-state index is 13.3. The van der Waals surface area contributed by atoms with Crippen LogP contribution in [0.15, 0.2) is 49.1 Å². The SMILES string of the molecule is O=C(NC1CCC[C@@H](n2c(-c3ccccc3OC(F)F)nc3cnc(-c4ncn[nH]4)cc32)C1)c1ncc(Cl)s1. The van der Waals surface area contributed by atoms with Gasteiger partial charge in [-0.3, -0.25) is 14.9 Å². The first-order chi connectivity index (χ1) is 19.0. The fourth-order valence-corrected chi connectivity index (χ4v) is 5.82. The second kappa shape index (κ2) is 10.7. The molecular weight excluding hydrogens is 550 g/mol. The molecule has 2 N–H and O–H groups in total. The van der Waals surface area contributed by atoms with Crippen molar-refractivity contribution in [2.45, 2.75) is 44.4 Å². The molecule has 0 saturated heterocycles. The fraction of sp³-hybridized carbons (Fsp3) is 0.280. The summed E-state index contributed by atoms with van der Waals surface area (Å²) in [6, 6.07) is 8.19. The predicted molar refractivity (Wildman–Crippen MR) is 141 cm³/mol. The van der Waals surface area contributed by atoms with Crippen LogP contribution in [-0.4, -0.2) is 53.3 Å². The summed E-state index contributed by atoms with van der Waals surface area (Å²) < 4.78 is 33.9. The number of alkyl halides is 2. The average molecular weight is 571 g/mol. The lowest BCUT2D eigenvalue weighted by Crippen LogP contribution is -2.39. The zero-order valence-electron chi connectivity index (χ0n) is 20.2. The standard InChI is InChI=1S/C25H21ClF2N8O2S/c26-20-11-30-24(39-20)23(37)33-13-4-3-5-14(8-13)36-18-9-16(21-31-12-32-35-21)29-10-17(18)34-22(36)15-6-1-2-7-19(15)38-25(27)28/h1-2,6-7,9-14,25H,3-5,8H2,(H,33,37)(H,31,32,35)/t13?,14-/m1/s1. The third kappa shape index (κ3) is 5.19. The number of carbonyl (C=O) groups is 1. The lowest BCUT2D eigenvalue weighted by Gasteiger charge is -2.32. The Kier molecular flexibility index (Phi) is 6.92. The number of nitrogens with one attached hydrogen (secondary N) is 2. The van der Waals surface area contributed by atoms with Crippen LogP contribution in [0, 0.1) is 0 Å². The van der Waals surface area contributed by atoms with Crippen LogP contribution < -0.4 is 10.1 Å². The molecule has 1 aliphatic rings. The van der Waals surface area contributed by atoms with Crippen LogP contribution in [0.3, 0.4) is 0 Å². The average Bonchev–Trinajstić information content (AvgIpc) is 3.68. The second-order valence-electron chi connectivity index (χ2n) is 9.03. The number of thiazole rings is 1. The first-order valence-corrected chi connectivity index (χ1v) is 13.4. The molecule has 6 rings (SSSR count). The zero-order chi connectivity index (χ0) is 26.9. The van der Waals surface area contributed by atoms with Crippen LogP contribution in [0.1, 0.15) is 41.5 Å². The van der Waals surface area contributed by atoms with Crippen LogP contribution in [0.25, 0.3) is 33.9 Å². The Labute approximate surface area is 229 Å². The van der Waals surface area contributed by atoms with E-state index in [1.54, 1.807) is 24.4 Å². The van der Waals surface area contributed by atoms with Gasteiger partial charge in [0, 0.05) is 12.1 Å². The van der Waals surface area contributed by atoms with E-state index in [0.29, 0.717) is 44.2 Å². The summed E-state index contributed by atoms with van der Waals surface area (Å²) >= 11 is 7.08. The monoisotopic (exact) mass is 570 g/mol. The molecule has 0 bridgehead atoms. The van der Waals surface area contributed by atoms with E-state index in [4.69, 9.17) is 21.3 Å². The van der Waals surface area contributed by atoms with Crippen molar-refractivity contribution in [2.75, 3.05) is 0 Å². The number of rotatable bonds is 7. The quantitative estimate of drug-likeness (QED) is 0.264. The number of aromatic amines is 1. The van der Waals surface area contributed by atoms with Gasteiger partial charge in [-0.15, -0.1) is 0 Å². The molecule has 0 spiro atoms. The summed E-state index contributed by atoms with van der Waals surface area (Å²) in [7, 11) is 0. The summed E-state index contributed by atoms with van der Waals surface area (Å²) in [6.07, 6.45) is 7.49. The number of halogens is 3. The maximum Gasteiger partial charge on any atom is 0.387 e. The normalized spacial score (nSPS) is 17.5. The molecule has 4 aromatic heterocycles. The van der Waals surface area contributed by atoms with Gasteiger partial charge in [0.05, 0.1) is 23.5 Å². The third-order valence-electron chi connectivity index (χ3n) is 6.60. The number of imidazole rings is 1. The maximum atomic E-state index is 13.3. The van der Waals surface area contributed by atoms with Crippen molar-refractivity contribution >= 4 is 39.9 Å². The van der Waals surface area contributed by atoms with Gasteiger partial charge in [0.1, 0.15) is 33.4 Å². The summed E-state index contributed by atoms with van der Waals surface area (Å²) in [6.45, 7) is -2.99. The highest BCUT2D eigenvalue weighted by atomic mass is 35.5. The first kappa shape index (κ1) is 25.3. The van der Waals surface area contributed by atoms with Crippen molar-refractivity contribution in [1.82, 2.24) is 40.0 Å². The minimum Gasteiger partial charge on any atom is -0.434 e. The molecule has 200 valence electrons. The highest BCUT2D eigenvalue weighted by Gasteiger charge is 2.30. The van der Waals surface area contributed by atoms with Crippen LogP contribution in [0.2, 0.25) is 4.34 Å². The molecule has 0 radical (unpaired) electrons. The lowest BCUT2D eigenvalue weighted by atomic mass is 9.90. The van der Waals surface area contributed by atoms with Crippen molar-refractivity contribution in [3.63, 3.8) is 0 Å². The molecule has 0 aliphatic heterocycles. The first-order valence-electron chi connectivity index (χ1n) is 12.2. The topological polar surface area (TPSA) is 124 Å². The van der Waals surface area contributed by atoms with Crippen molar-refractivity contribution in [1.29, 1.82) is 0 Å². The number of hydrogen-bond acceptors (Lipinski definition) is 8. The van der Waals surface area contributed by atoms with Crippen LogP contribution in [-0.2, 0) is 0 Å². The molecular formula is C25H21ClF2N8O2S. The number of nitrogens with zero attached hydrogens (tertiary/aromatic N) is 6. The van der Waals surface area contributed by atoms with Crippen molar-refractivity contribution in [3.8, 4) is 28.7 Å². The number of ether oxygens (including phenoxy) is 1. The Morgan fingerprint density at radius 2 is 2.08 bits per heavy atom. The van der Waals surface area contributed by atoms with Crippen LogP contribution in [0.5, 0.6) is 5.75 Å². The molecule has 1 saturated carbocycles. The smallest absolute Gasteiger partial charge is 0.387 e. The second-order valence-corrected chi connectivity index (χ2v) is 10.7. The molecule has 1 aliphatic carbocycles. The van der Waals surface area contributed by atoms with Gasteiger partial charge in [-0.2, -0.15) is 13.9 Å². The molecule has 2 atom stereocenters. The minimum absolute atomic E-state index is 0.0220. The highest BCUT2D eigenvalue weighted by Crippen LogP contribution is 2.39. The van der Waals surface area contributed by atoms with Gasteiger partial charge >= 0.3 is 6.61 Å². The zero-order valence-corrected chi connectivity index (χ0v) is 21.8. The Bertz CT molecular complexity index is 1620. The molecule has 1 fully saturated rings. The minimum atomic E-state index is -2.99. The summed E-state index contributed by atoms with van der Waals surface area (Å²) in [5.41, 5.74) is 2.33. The largest absolute Gasteiger partial charge is 0.434 e. The lowest BCUT2D eigenvalue weighted by molar-refractivity contribution is -0.0494. The number of hydrogen-bond donors (Lipinski definition) is 2. The predicted octanol–water partition coefficient (Wildman–Crippen LogP) is 5.51. The van der Waals surface area contributed by atoms with E-state index in [-0.39, 0.29) is 23.7 Å². The fourth-order valence-electron chi connectivity index (χ4n) is 5.00. The van der Waals surface area contributed by atoms with E-state index >= 15 is 0 Å². The van der Waals surface area contributed by atoms with E-state index in [2.05, 4.69) is 30.5 Å². The molecule has 5 aromatic rings. The Morgan fingerprint density at radius 3 is 2.85 bits per heavy atom. The van der Waals surface area contributed by atoms with E-state index in [1.165, 1.54) is 18.6 Å². The Morgan fingerprint density at radius 1 is 1.21 bits per heavy atom. The number of amides is 1. The molecule has 10 nitrogen and oxygen atoms in total. The number of aromatic nitrogens is 7. The van der Waals surface area contributed by atoms with Gasteiger partial charge in [-0.1, -0.05) is 35.1 Å². The van der Waals surface area contributed by atoms with E-state index in [1.807, 2.05) is 10.6 Å². The highest BCUT2D eigenvalue weighted by molar-refractivity contribution is 7.17. The molecule has 1 amide bonds. The Balaban J connectivity index is 1.42. The summed E-state index contributed by atoms with van der Waals surface area (Å²) in [5.74, 6) is 0.708. The number of benzene rings is 1. The number of carbonyl (C=O) groups excluding carboxylic acids is 1. The van der Waals surface area contributed by atoms with Gasteiger partial charge in [0.2, 0.25) is 0 Å². The number of para-hydroxylation sites is 1. The van der Waals surface area contributed by atoms with Crippen molar-refractivity contribution in [3.05, 3.63) is 58.4 Å². The van der Waals surface area contributed by atoms with Gasteiger partial charge in [-0.25, -0.2) is 15.0 Å². The third-order valence-corrected chi connectivity index (χ3v) is 7.71. The molecule has 14 heteroatoms. The number of pyridine rings is 1. The molecule has 4 heterocycles. The van der Waals surface area contributed by atoms with Crippen molar-refractivity contribution < 1.29 is 18.3 Å². The molecule has 1 aromatic carbocycles. The van der Waals surface area contributed by atoms with Crippen LogP contribution in [0.4, 0.5) is 8.78 Å².